The van der Waals surface area contributed by atoms with Gasteiger partial charge < -0.3 is 5.11 Å². The van der Waals surface area contributed by atoms with Crippen molar-refractivity contribution in [1.82, 2.24) is 0 Å². The van der Waals surface area contributed by atoms with Gasteiger partial charge in [-0.1, -0.05) is 12.1 Å². The molecular formula is C13H14FNO3S2. The van der Waals surface area contributed by atoms with E-state index in [0.29, 0.717) is 16.0 Å². The van der Waals surface area contributed by atoms with Gasteiger partial charge in [-0.25, -0.2) is 12.8 Å². The highest BCUT2D eigenvalue weighted by molar-refractivity contribution is 7.94. The number of thiophene rings is 1. The molecule has 1 heterocycles. The number of hydrogen-bond acceptors (Lipinski definition) is 4. The topological polar surface area (TPSA) is 66.4 Å². The van der Waals surface area contributed by atoms with Gasteiger partial charge in [0, 0.05) is 4.88 Å². The van der Waals surface area contributed by atoms with Crippen LogP contribution in [0.4, 0.5) is 10.1 Å². The third-order valence-electron chi connectivity index (χ3n) is 2.86. The Bertz CT molecular complexity index is 718. The molecule has 0 bridgehead atoms. The fraction of sp³-hybridized carbons (Fsp3) is 0.231. The first-order chi connectivity index (χ1) is 9.35. The number of aliphatic hydroxyl groups excluding tert-OH is 1. The number of para-hydroxylation sites is 1. The Morgan fingerprint density at radius 1 is 1.30 bits per heavy atom. The molecule has 0 atom stereocenters. The van der Waals surface area contributed by atoms with Gasteiger partial charge in [0.2, 0.25) is 0 Å². The average molecular weight is 315 g/mol. The molecule has 2 N–H and O–H groups in total. The Labute approximate surface area is 120 Å². The number of nitrogens with one attached hydrogen (secondary N) is 1. The maximum absolute atomic E-state index is 13.7. The number of halogens is 1. The van der Waals surface area contributed by atoms with Crippen LogP contribution in [0.2, 0.25) is 0 Å². The number of benzene rings is 1. The molecule has 2 rings (SSSR count). The van der Waals surface area contributed by atoms with Gasteiger partial charge in [0.1, 0.15) is 10.0 Å². The predicted molar refractivity (Wildman–Crippen MR) is 76.9 cm³/mol. The smallest absolute Gasteiger partial charge is 0.271 e. The van der Waals surface area contributed by atoms with Crippen LogP contribution in [0.15, 0.2) is 28.5 Å². The van der Waals surface area contributed by atoms with Crippen LogP contribution in [0.5, 0.6) is 0 Å². The molecule has 1 aromatic carbocycles. The van der Waals surface area contributed by atoms with E-state index in [0.717, 1.165) is 11.3 Å². The number of aryl methyl sites for hydroxylation is 2. The Kier molecular flexibility index (Phi) is 4.12. The lowest BCUT2D eigenvalue weighted by Gasteiger charge is -2.09. The molecule has 0 saturated carbocycles. The molecule has 0 spiro atoms. The second kappa shape index (κ2) is 5.51. The predicted octanol–water partition coefficient (Wildman–Crippen LogP) is 2.80. The zero-order valence-electron chi connectivity index (χ0n) is 11.0. The number of anilines is 1. The standard InChI is InChI=1S/C13H14FNO3S2/c1-8-4-3-5-10(14)13(8)15-20(17,18)12-6-9(2)11(7-16)19-12/h3-6,15-16H,7H2,1-2H3. The average Bonchev–Trinajstić information content (AvgIpc) is 2.76. The lowest BCUT2D eigenvalue weighted by molar-refractivity contribution is 0.285. The van der Waals surface area contributed by atoms with Crippen molar-refractivity contribution in [2.45, 2.75) is 24.7 Å². The van der Waals surface area contributed by atoms with E-state index in [9.17, 15) is 12.8 Å². The van der Waals surface area contributed by atoms with E-state index < -0.39 is 15.8 Å². The van der Waals surface area contributed by atoms with Crippen molar-refractivity contribution in [1.29, 1.82) is 0 Å². The van der Waals surface area contributed by atoms with Crippen LogP contribution in [0.25, 0.3) is 0 Å². The summed E-state index contributed by atoms with van der Waals surface area (Å²) in [5, 5.41) is 9.11. The van der Waals surface area contributed by atoms with Crippen LogP contribution >= 0.6 is 11.3 Å². The molecule has 20 heavy (non-hydrogen) atoms. The van der Waals surface area contributed by atoms with Gasteiger partial charge >= 0.3 is 0 Å². The zero-order chi connectivity index (χ0) is 14.9. The summed E-state index contributed by atoms with van der Waals surface area (Å²) in [5.74, 6) is -0.621. The van der Waals surface area contributed by atoms with Gasteiger partial charge in [-0.2, -0.15) is 0 Å². The molecule has 0 radical (unpaired) electrons. The zero-order valence-corrected chi connectivity index (χ0v) is 12.6. The molecule has 1 aromatic heterocycles. The van der Waals surface area contributed by atoms with E-state index in [2.05, 4.69) is 4.72 Å². The van der Waals surface area contributed by atoms with E-state index in [1.165, 1.54) is 18.2 Å². The van der Waals surface area contributed by atoms with Gasteiger partial charge in [0.25, 0.3) is 10.0 Å². The second-order valence-electron chi connectivity index (χ2n) is 4.37. The first-order valence-electron chi connectivity index (χ1n) is 5.83. The van der Waals surface area contributed by atoms with Crippen LogP contribution in [0.3, 0.4) is 0 Å². The van der Waals surface area contributed by atoms with Crippen LogP contribution < -0.4 is 4.72 Å². The fourth-order valence-corrected chi connectivity index (χ4v) is 4.31. The molecule has 0 unspecified atom stereocenters. The van der Waals surface area contributed by atoms with E-state index in [-0.39, 0.29) is 16.5 Å². The third-order valence-corrected chi connectivity index (χ3v) is 5.91. The van der Waals surface area contributed by atoms with E-state index >= 15 is 0 Å². The summed E-state index contributed by atoms with van der Waals surface area (Å²) < 4.78 is 40.5. The molecular weight excluding hydrogens is 301 g/mol. The van der Waals surface area contributed by atoms with Crippen molar-refractivity contribution in [2.75, 3.05) is 4.72 Å². The molecule has 7 heteroatoms. The summed E-state index contributed by atoms with van der Waals surface area (Å²) in [6.07, 6.45) is 0. The molecule has 108 valence electrons. The Balaban J connectivity index is 2.41. The molecule has 4 nitrogen and oxygen atoms in total. The van der Waals surface area contributed by atoms with Crippen LogP contribution in [0.1, 0.15) is 16.0 Å². The molecule has 0 saturated heterocycles. The van der Waals surface area contributed by atoms with Crippen molar-refractivity contribution >= 4 is 27.0 Å². The van der Waals surface area contributed by atoms with Crippen LogP contribution in [-0.2, 0) is 16.6 Å². The summed E-state index contributed by atoms with van der Waals surface area (Å²) in [4.78, 5) is 0.579. The van der Waals surface area contributed by atoms with E-state index in [1.54, 1.807) is 19.9 Å². The van der Waals surface area contributed by atoms with E-state index in [4.69, 9.17) is 5.11 Å². The van der Waals surface area contributed by atoms with Gasteiger partial charge in [-0.3, -0.25) is 4.72 Å². The normalized spacial score (nSPS) is 11.6. The highest BCUT2D eigenvalue weighted by Gasteiger charge is 2.21. The minimum atomic E-state index is -3.85. The van der Waals surface area contributed by atoms with Gasteiger partial charge in [0.15, 0.2) is 0 Å². The molecule has 0 aliphatic rings. The van der Waals surface area contributed by atoms with Gasteiger partial charge in [0.05, 0.1) is 12.3 Å². The maximum atomic E-state index is 13.7. The summed E-state index contributed by atoms with van der Waals surface area (Å²) in [7, 11) is -3.85. The van der Waals surface area contributed by atoms with Gasteiger partial charge in [-0.05, 0) is 37.1 Å². The minimum Gasteiger partial charge on any atom is -0.391 e. The van der Waals surface area contributed by atoms with Crippen molar-refractivity contribution in [3.05, 3.63) is 46.1 Å². The summed E-state index contributed by atoms with van der Waals surface area (Å²) in [6, 6.07) is 5.81. The number of rotatable bonds is 4. The summed E-state index contributed by atoms with van der Waals surface area (Å²) in [5.41, 5.74) is 1.15. The lowest BCUT2D eigenvalue weighted by Crippen LogP contribution is -2.13. The Morgan fingerprint density at radius 2 is 2.00 bits per heavy atom. The minimum absolute atomic E-state index is 0.0518. The van der Waals surface area contributed by atoms with Crippen LogP contribution in [-0.4, -0.2) is 13.5 Å². The third kappa shape index (κ3) is 2.84. The first kappa shape index (κ1) is 15.0. The largest absolute Gasteiger partial charge is 0.391 e. The number of aliphatic hydroxyl groups is 1. The molecule has 0 fully saturated rings. The monoisotopic (exact) mass is 315 g/mol. The SMILES string of the molecule is Cc1cc(S(=O)(=O)Nc2c(C)cccc2F)sc1CO. The lowest BCUT2D eigenvalue weighted by atomic mass is 10.2. The molecule has 0 aliphatic carbocycles. The van der Waals surface area contributed by atoms with Crippen molar-refractivity contribution in [3.63, 3.8) is 0 Å². The highest BCUT2D eigenvalue weighted by Crippen LogP contribution is 2.29. The number of sulfonamides is 1. The van der Waals surface area contributed by atoms with E-state index in [1.807, 2.05) is 0 Å². The Morgan fingerprint density at radius 3 is 2.55 bits per heavy atom. The van der Waals surface area contributed by atoms with Crippen molar-refractivity contribution in [3.8, 4) is 0 Å². The molecule has 0 amide bonds. The number of hydrogen-bond donors (Lipinski definition) is 2. The summed E-state index contributed by atoms with van der Waals surface area (Å²) >= 11 is 0.974. The van der Waals surface area contributed by atoms with Crippen molar-refractivity contribution in [2.24, 2.45) is 0 Å². The fourth-order valence-electron chi connectivity index (χ4n) is 1.72. The second-order valence-corrected chi connectivity index (χ2v) is 7.41. The molecule has 0 aliphatic heterocycles. The maximum Gasteiger partial charge on any atom is 0.271 e. The Hall–Kier alpha value is -1.44. The quantitative estimate of drug-likeness (QED) is 0.912. The van der Waals surface area contributed by atoms with Crippen molar-refractivity contribution < 1.29 is 17.9 Å². The summed E-state index contributed by atoms with van der Waals surface area (Å²) in [6.45, 7) is 3.12. The van der Waals surface area contributed by atoms with Gasteiger partial charge in [-0.15, -0.1) is 11.3 Å². The highest BCUT2D eigenvalue weighted by atomic mass is 32.2. The molecule has 2 aromatic rings. The van der Waals surface area contributed by atoms with Crippen LogP contribution in [0, 0.1) is 19.7 Å². The first-order valence-corrected chi connectivity index (χ1v) is 8.13.